The van der Waals surface area contributed by atoms with E-state index in [0.717, 1.165) is 17.5 Å². The Labute approximate surface area is 118 Å². The van der Waals surface area contributed by atoms with Crippen LogP contribution in [0, 0.1) is 11.8 Å². The lowest BCUT2D eigenvalue weighted by Crippen LogP contribution is -2.43. The van der Waals surface area contributed by atoms with Gasteiger partial charge in [0.2, 0.25) is 0 Å². The van der Waals surface area contributed by atoms with Gasteiger partial charge in [-0.15, -0.1) is 11.3 Å². The molecule has 5 heteroatoms. The summed E-state index contributed by atoms with van der Waals surface area (Å²) < 4.78 is 0. The fourth-order valence-corrected chi connectivity index (χ4v) is 3.37. The average molecular weight is 279 g/mol. The van der Waals surface area contributed by atoms with Crippen LogP contribution < -0.4 is 5.32 Å². The molecule has 4 nitrogen and oxygen atoms in total. The van der Waals surface area contributed by atoms with Gasteiger partial charge in [0.15, 0.2) is 0 Å². The molecular formula is C14H21N3OS. The number of nitrogens with zero attached hydrogens (tertiary/aromatic N) is 2. The van der Waals surface area contributed by atoms with E-state index in [-0.39, 0.29) is 12.1 Å². The molecule has 2 amide bonds. The van der Waals surface area contributed by atoms with E-state index in [4.69, 9.17) is 0 Å². The molecule has 1 unspecified atom stereocenters. The Kier molecular flexibility index (Phi) is 3.73. The van der Waals surface area contributed by atoms with Crippen molar-refractivity contribution in [2.75, 3.05) is 13.6 Å². The van der Waals surface area contributed by atoms with Gasteiger partial charge in [-0.25, -0.2) is 9.78 Å². The van der Waals surface area contributed by atoms with Crippen LogP contribution >= 0.6 is 11.3 Å². The first-order valence-electron chi connectivity index (χ1n) is 7.15. The Balaban J connectivity index is 1.56. The quantitative estimate of drug-likeness (QED) is 0.900. The van der Waals surface area contributed by atoms with Gasteiger partial charge in [0.05, 0.1) is 6.04 Å². The van der Waals surface area contributed by atoms with E-state index in [2.05, 4.69) is 10.3 Å². The zero-order chi connectivity index (χ0) is 13.2. The molecule has 1 N–H and O–H groups in total. The van der Waals surface area contributed by atoms with Crippen molar-refractivity contribution in [1.82, 2.24) is 15.2 Å². The Bertz CT molecular complexity index is 426. The number of hydrogen-bond donors (Lipinski definition) is 1. The largest absolute Gasteiger partial charge is 0.328 e. The summed E-state index contributed by atoms with van der Waals surface area (Å²) in [5.74, 6) is 1.31. The number of nitrogens with one attached hydrogen (secondary N) is 1. The highest BCUT2D eigenvalue weighted by molar-refractivity contribution is 7.09. The van der Waals surface area contributed by atoms with Crippen molar-refractivity contribution in [3.8, 4) is 0 Å². The van der Waals surface area contributed by atoms with Crippen LogP contribution in [0.2, 0.25) is 0 Å². The topological polar surface area (TPSA) is 45.2 Å². The summed E-state index contributed by atoms with van der Waals surface area (Å²) in [6.45, 7) is 0.890. The third kappa shape index (κ3) is 3.08. The number of carbonyl (C=O) groups excluding carboxylic acids is 1. The Hall–Kier alpha value is -1.10. The first-order chi connectivity index (χ1) is 9.24. The fraction of sp³-hybridized carbons (Fsp3) is 0.714. The second-order valence-electron chi connectivity index (χ2n) is 5.81. The van der Waals surface area contributed by atoms with E-state index in [9.17, 15) is 4.79 Å². The molecule has 0 aliphatic heterocycles. The summed E-state index contributed by atoms with van der Waals surface area (Å²) in [7, 11) is 1.90. The summed E-state index contributed by atoms with van der Waals surface area (Å²) in [5.41, 5.74) is 0. The van der Waals surface area contributed by atoms with Crippen LogP contribution in [0.1, 0.15) is 43.2 Å². The van der Waals surface area contributed by atoms with Crippen molar-refractivity contribution in [3.63, 3.8) is 0 Å². The molecule has 2 fully saturated rings. The van der Waals surface area contributed by atoms with Gasteiger partial charge in [0.1, 0.15) is 5.01 Å². The van der Waals surface area contributed by atoms with Gasteiger partial charge in [-0.05, 0) is 37.5 Å². The molecule has 1 aromatic heterocycles. The summed E-state index contributed by atoms with van der Waals surface area (Å²) in [6.07, 6.45) is 8.10. The lowest BCUT2D eigenvalue weighted by atomic mass is 9.85. The minimum atomic E-state index is 0.0546. The standard InChI is InChI=1S/C14H21N3OS/c1-17(9-10-3-2-4-10)14(18)16-12(11-5-6-11)13-15-7-8-19-13/h7-8,10-12H,2-6,9H2,1H3,(H,16,18). The number of rotatable bonds is 5. The first-order valence-corrected chi connectivity index (χ1v) is 8.03. The molecule has 1 heterocycles. The monoisotopic (exact) mass is 279 g/mol. The molecule has 0 radical (unpaired) electrons. The molecular weight excluding hydrogens is 258 g/mol. The third-order valence-corrected chi connectivity index (χ3v) is 5.05. The van der Waals surface area contributed by atoms with Crippen LogP contribution in [0.15, 0.2) is 11.6 Å². The maximum absolute atomic E-state index is 12.2. The Morgan fingerprint density at radius 2 is 2.32 bits per heavy atom. The number of carbonyl (C=O) groups is 1. The second-order valence-corrected chi connectivity index (χ2v) is 6.74. The van der Waals surface area contributed by atoms with Crippen molar-refractivity contribution in [2.24, 2.45) is 11.8 Å². The van der Waals surface area contributed by atoms with E-state index < -0.39 is 0 Å². The number of thiazole rings is 1. The zero-order valence-corrected chi connectivity index (χ0v) is 12.2. The van der Waals surface area contributed by atoms with Crippen molar-refractivity contribution < 1.29 is 4.79 Å². The lowest BCUT2D eigenvalue weighted by Gasteiger charge is -2.31. The van der Waals surface area contributed by atoms with Crippen molar-refractivity contribution in [3.05, 3.63) is 16.6 Å². The summed E-state index contributed by atoms with van der Waals surface area (Å²) in [5, 5.41) is 6.20. The predicted molar refractivity (Wildman–Crippen MR) is 76.1 cm³/mol. The smallest absolute Gasteiger partial charge is 0.317 e. The van der Waals surface area contributed by atoms with Gasteiger partial charge in [-0.2, -0.15) is 0 Å². The fourth-order valence-electron chi connectivity index (χ4n) is 2.59. The summed E-state index contributed by atoms with van der Waals surface area (Å²) in [4.78, 5) is 18.5. The van der Waals surface area contributed by atoms with Gasteiger partial charge >= 0.3 is 6.03 Å². The van der Waals surface area contributed by atoms with Gasteiger partial charge in [-0.3, -0.25) is 0 Å². The Morgan fingerprint density at radius 3 is 2.84 bits per heavy atom. The SMILES string of the molecule is CN(CC1CCC1)C(=O)NC(c1nccs1)C1CC1. The van der Waals surface area contributed by atoms with Crippen LogP contribution in [-0.4, -0.2) is 29.5 Å². The molecule has 0 saturated heterocycles. The molecule has 2 aliphatic carbocycles. The first kappa shape index (κ1) is 12.9. The van der Waals surface area contributed by atoms with Crippen molar-refractivity contribution in [2.45, 2.75) is 38.1 Å². The molecule has 3 rings (SSSR count). The minimum Gasteiger partial charge on any atom is -0.328 e. The third-order valence-electron chi connectivity index (χ3n) is 4.19. The summed E-state index contributed by atoms with van der Waals surface area (Å²) in [6, 6.07) is 0.176. The number of hydrogen-bond acceptors (Lipinski definition) is 3. The second kappa shape index (κ2) is 5.49. The molecule has 2 aliphatic rings. The van der Waals surface area contributed by atoms with Gasteiger partial charge in [0.25, 0.3) is 0 Å². The summed E-state index contributed by atoms with van der Waals surface area (Å²) >= 11 is 1.64. The predicted octanol–water partition coefficient (Wildman–Crippen LogP) is 3.04. The maximum Gasteiger partial charge on any atom is 0.317 e. The minimum absolute atomic E-state index is 0.0546. The Morgan fingerprint density at radius 1 is 1.53 bits per heavy atom. The highest BCUT2D eigenvalue weighted by Crippen LogP contribution is 2.41. The molecule has 1 aromatic rings. The van der Waals surface area contributed by atoms with Crippen LogP contribution in [0.4, 0.5) is 4.79 Å². The van der Waals surface area contributed by atoms with E-state index in [1.807, 2.05) is 23.5 Å². The van der Waals surface area contributed by atoms with E-state index in [0.29, 0.717) is 5.92 Å². The molecule has 19 heavy (non-hydrogen) atoms. The molecule has 2 saturated carbocycles. The average Bonchev–Trinajstić information content (AvgIpc) is 3.05. The number of amides is 2. The van der Waals surface area contributed by atoms with Crippen LogP contribution in [0.5, 0.6) is 0 Å². The van der Waals surface area contributed by atoms with Gasteiger partial charge in [-0.1, -0.05) is 6.42 Å². The molecule has 0 spiro atoms. The lowest BCUT2D eigenvalue weighted by molar-refractivity contribution is 0.178. The van der Waals surface area contributed by atoms with Crippen LogP contribution in [-0.2, 0) is 0 Å². The van der Waals surface area contributed by atoms with Crippen LogP contribution in [0.3, 0.4) is 0 Å². The van der Waals surface area contributed by atoms with Gasteiger partial charge in [0, 0.05) is 25.2 Å². The van der Waals surface area contributed by atoms with E-state index >= 15 is 0 Å². The van der Waals surface area contributed by atoms with Crippen molar-refractivity contribution in [1.29, 1.82) is 0 Å². The highest BCUT2D eigenvalue weighted by Gasteiger charge is 2.35. The highest BCUT2D eigenvalue weighted by atomic mass is 32.1. The number of aromatic nitrogens is 1. The maximum atomic E-state index is 12.2. The zero-order valence-electron chi connectivity index (χ0n) is 11.3. The van der Waals surface area contributed by atoms with Crippen molar-refractivity contribution >= 4 is 17.4 Å². The van der Waals surface area contributed by atoms with Crippen LogP contribution in [0.25, 0.3) is 0 Å². The molecule has 1 atom stereocenters. The molecule has 0 aromatic carbocycles. The number of urea groups is 1. The van der Waals surface area contributed by atoms with E-state index in [1.54, 1.807) is 11.3 Å². The van der Waals surface area contributed by atoms with Gasteiger partial charge < -0.3 is 10.2 Å². The molecule has 0 bridgehead atoms. The molecule has 104 valence electrons. The normalized spacial score (nSPS) is 20.7. The van der Waals surface area contributed by atoms with E-state index in [1.165, 1.54) is 32.1 Å².